The molecule has 1 N–H and O–H groups in total. The van der Waals surface area contributed by atoms with E-state index in [1.807, 2.05) is 33.2 Å². The van der Waals surface area contributed by atoms with Crippen LogP contribution in [0.15, 0.2) is 41.3 Å². The zero-order valence-electron chi connectivity index (χ0n) is 13.5. The molecular formula is C18H19N3OS. The Morgan fingerprint density at radius 1 is 1.26 bits per heavy atom. The fourth-order valence-corrected chi connectivity index (χ4v) is 3.35. The van der Waals surface area contributed by atoms with Crippen LogP contribution in [0.4, 0.5) is 5.69 Å². The second-order valence-electron chi connectivity index (χ2n) is 5.51. The number of nitrogens with one attached hydrogen (secondary N) is 1. The van der Waals surface area contributed by atoms with Crippen LogP contribution in [0.5, 0.6) is 0 Å². The fraction of sp³-hybridized carbons (Fsp3) is 0.222. The molecule has 23 heavy (non-hydrogen) atoms. The van der Waals surface area contributed by atoms with Crippen molar-refractivity contribution >= 4 is 33.3 Å². The molecule has 0 atom stereocenters. The van der Waals surface area contributed by atoms with E-state index in [-0.39, 0.29) is 5.43 Å². The lowest BCUT2D eigenvalue weighted by Crippen LogP contribution is -2.08. The highest BCUT2D eigenvalue weighted by Crippen LogP contribution is 2.32. The van der Waals surface area contributed by atoms with Crippen LogP contribution in [0.1, 0.15) is 12.5 Å². The normalized spacial score (nSPS) is 11.4. The molecule has 1 aromatic carbocycles. The molecule has 1 aromatic rings. The SMILES string of the molecule is CCN/C=C/c1cc2nc3ccc(N(C)C)cc3sc-2cc1=O. The van der Waals surface area contributed by atoms with Gasteiger partial charge in [0.1, 0.15) is 0 Å². The zero-order valence-corrected chi connectivity index (χ0v) is 14.3. The molecule has 0 radical (unpaired) electrons. The number of fused-ring (bicyclic) bond motifs is 2. The summed E-state index contributed by atoms with van der Waals surface area (Å²) in [5, 5.41) is 3.08. The van der Waals surface area contributed by atoms with Crippen molar-refractivity contribution in [3.8, 4) is 10.6 Å². The lowest BCUT2D eigenvalue weighted by atomic mass is 10.1. The molecule has 0 fully saturated rings. The monoisotopic (exact) mass is 325 g/mol. The van der Waals surface area contributed by atoms with Crippen LogP contribution in [-0.4, -0.2) is 25.6 Å². The minimum Gasteiger partial charge on any atom is -0.391 e. The van der Waals surface area contributed by atoms with Gasteiger partial charge in [-0.05, 0) is 43.5 Å². The van der Waals surface area contributed by atoms with Crippen LogP contribution in [-0.2, 0) is 0 Å². The summed E-state index contributed by atoms with van der Waals surface area (Å²) >= 11 is 1.61. The van der Waals surface area contributed by atoms with Gasteiger partial charge in [0.25, 0.3) is 0 Å². The molecular weight excluding hydrogens is 306 g/mol. The maximum atomic E-state index is 12.2. The van der Waals surface area contributed by atoms with Crippen molar-refractivity contribution in [1.29, 1.82) is 0 Å². The van der Waals surface area contributed by atoms with Gasteiger partial charge in [-0.3, -0.25) is 4.79 Å². The maximum Gasteiger partial charge on any atom is 0.187 e. The highest BCUT2D eigenvalue weighted by Gasteiger charge is 2.11. The minimum atomic E-state index is 0.0211. The summed E-state index contributed by atoms with van der Waals surface area (Å²) in [6, 6.07) is 9.74. The summed E-state index contributed by atoms with van der Waals surface area (Å²) in [7, 11) is 4.03. The Morgan fingerprint density at radius 3 is 2.83 bits per heavy atom. The van der Waals surface area contributed by atoms with E-state index < -0.39 is 0 Å². The van der Waals surface area contributed by atoms with E-state index in [9.17, 15) is 4.79 Å². The van der Waals surface area contributed by atoms with E-state index in [0.29, 0.717) is 5.56 Å². The summed E-state index contributed by atoms with van der Waals surface area (Å²) in [6.45, 7) is 2.84. The minimum absolute atomic E-state index is 0.0211. The average Bonchev–Trinajstić information content (AvgIpc) is 2.53. The molecule has 2 aliphatic rings. The van der Waals surface area contributed by atoms with Gasteiger partial charge in [-0.15, -0.1) is 11.3 Å². The Morgan fingerprint density at radius 2 is 2.09 bits per heavy atom. The number of anilines is 1. The number of nitrogens with zero attached hydrogens (tertiary/aromatic N) is 2. The predicted molar refractivity (Wildman–Crippen MR) is 99.5 cm³/mol. The molecule has 1 aliphatic carbocycles. The standard InChI is InChI=1S/C18H19N3OS/c1-4-19-8-7-12-9-15-18(11-16(12)22)23-17-10-13(21(2)3)5-6-14(17)20-15/h5-11,19H,4H2,1-3H3/b8-7+. The van der Waals surface area contributed by atoms with E-state index in [2.05, 4.69) is 22.3 Å². The van der Waals surface area contributed by atoms with E-state index in [4.69, 9.17) is 4.98 Å². The van der Waals surface area contributed by atoms with Crippen molar-refractivity contribution in [3.63, 3.8) is 0 Å². The first-order valence-corrected chi connectivity index (χ1v) is 8.36. The first kappa shape index (κ1) is 15.5. The summed E-state index contributed by atoms with van der Waals surface area (Å²) < 4.78 is 1.08. The van der Waals surface area contributed by atoms with Crippen LogP contribution in [0.2, 0.25) is 0 Å². The molecule has 1 heterocycles. The number of aromatic nitrogens is 1. The molecule has 0 saturated heterocycles. The van der Waals surface area contributed by atoms with Crippen LogP contribution in [0.3, 0.4) is 0 Å². The van der Waals surface area contributed by atoms with Gasteiger partial charge in [-0.25, -0.2) is 4.98 Å². The molecule has 1 aliphatic heterocycles. The van der Waals surface area contributed by atoms with Crippen LogP contribution < -0.4 is 15.6 Å². The van der Waals surface area contributed by atoms with Gasteiger partial charge >= 0.3 is 0 Å². The van der Waals surface area contributed by atoms with Crippen molar-refractivity contribution in [3.05, 3.63) is 52.3 Å². The third kappa shape index (κ3) is 3.19. The summed E-state index contributed by atoms with van der Waals surface area (Å²) in [5.41, 5.74) is 3.61. The lowest BCUT2D eigenvalue weighted by Gasteiger charge is -2.13. The molecule has 0 aromatic heterocycles. The second-order valence-corrected chi connectivity index (χ2v) is 6.59. The number of rotatable bonds is 4. The van der Waals surface area contributed by atoms with Crippen LogP contribution in [0.25, 0.3) is 26.9 Å². The first-order chi connectivity index (χ1) is 11.1. The van der Waals surface area contributed by atoms with Crippen LogP contribution >= 0.6 is 11.3 Å². The topological polar surface area (TPSA) is 45.2 Å². The van der Waals surface area contributed by atoms with Crippen molar-refractivity contribution in [2.75, 3.05) is 25.5 Å². The predicted octanol–water partition coefficient (Wildman–Crippen LogP) is 3.41. The van der Waals surface area contributed by atoms with Crippen molar-refractivity contribution < 1.29 is 0 Å². The van der Waals surface area contributed by atoms with Crippen LogP contribution in [0, 0.1) is 0 Å². The molecule has 0 bridgehead atoms. The number of hydrogen-bond acceptors (Lipinski definition) is 5. The third-order valence-corrected chi connectivity index (χ3v) is 4.69. The second kappa shape index (κ2) is 6.38. The van der Waals surface area contributed by atoms with Gasteiger partial charge in [0, 0.05) is 38.0 Å². The van der Waals surface area contributed by atoms with Crippen molar-refractivity contribution in [2.24, 2.45) is 0 Å². The third-order valence-electron chi connectivity index (χ3n) is 3.60. The summed E-state index contributed by atoms with van der Waals surface area (Å²) in [6.07, 6.45) is 3.60. The summed E-state index contributed by atoms with van der Waals surface area (Å²) in [5.74, 6) is 0. The summed E-state index contributed by atoms with van der Waals surface area (Å²) in [4.78, 5) is 19.9. The largest absolute Gasteiger partial charge is 0.391 e. The maximum absolute atomic E-state index is 12.2. The van der Waals surface area contributed by atoms with Gasteiger partial charge in [0.2, 0.25) is 0 Å². The lowest BCUT2D eigenvalue weighted by molar-refractivity contribution is 0.924. The highest BCUT2D eigenvalue weighted by atomic mass is 32.1. The average molecular weight is 325 g/mol. The quantitative estimate of drug-likeness (QED) is 0.747. The molecule has 0 saturated carbocycles. The van der Waals surface area contributed by atoms with E-state index >= 15 is 0 Å². The molecule has 4 nitrogen and oxygen atoms in total. The molecule has 0 spiro atoms. The Balaban J connectivity index is 2.14. The molecule has 0 unspecified atom stereocenters. The zero-order chi connectivity index (χ0) is 16.4. The molecule has 3 rings (SSSR count). The van der Waals surface area contributed by atoms with Crippen molar-refractivity contribution in [1.82, 2.24) is 10.3 Å². The fourth-order valence-electron chi connectivity index (χ4n) is 2.34. The van der Waals surface area contributed by atoms with Gasteiger partial charge in [-0.1, -0.05) is 0 Å². The van der Waals surface area contributed by atoms with E-state index in [0.717, 1.165) is 33.0 Å². The van der Waals surface area contributed by atoms with Gasteiger partial charge in [0.05, 0.1) is 20.8 Å². The molecule has 0 amide bonds. The Kier molecular flexibility index (Phi) is 4.30. The first-order valence-electron chi connectivity index (χ1n) is 7.54. The molecule has 5 heteroatoms. The highest BCUT2D eigenvalue weighted by molar-refractivity contribution is 7.21. The van der Waals surface area contributed by atoms with Crippen molar-refractivity contribution in [2.45, 2.75) is 6.92 Å². The van der Waals surface area contributed by atoms with E-state index in [1.165, 1.54) is 0 Å². The van der Waals surface area contributed by atoms with E-state index in [1.54, 1.807) is 29.7 Å². The van der Waals surface area contributed by atoms with Gasteiger partial charge in [-0.2, -0.15) is 0 Å². The Labute approximate surface area is 139 Å². The van der Waals surface area contributed by atoms with Gasteiger partial charge in [0.15, 0.2) is 5.43 Å². The van der Waals surface area contributed by atoms with Gasteiger partial charge < -0.3 is 10.2 Å². The number of benzene rings is 2. The molecule has 118 valence electrons. The Hall–Kier alpha value is -2.40. The Bertz CT molecular complexity index is 899. The number of hydrogen-bond donors (Lipinski definition) is 1. The smallest absolute Gasteiger partial charge is 0.187 e.